The molecule has 0 rings (SSSR count). The van der Waals surface area contributed by atoms with Gasteiger partial charge in [-0.15, -0.1) is 11.8 Å². The highest BCUT2D eigenvalue weighted by molar-refractivity contribution is 8.00. The van der Waals surface area contributed by atoms with Crippen LogP contribution in [-0.4, -0.2) is 53.0 Å². The zero-order chi connectivity index (χ0) is 16.3. The van der Waals surface area contributed by atoms with Crippen molar-refractivity contribution in [1.82, 2.24) is 16.0 Å². The summed E-state index contributed by atoms with van der Waals surface area (Å²) in [5.74, 6) is -2.16. The van der Waals surface area contributed by atoms with Gasteiger partial charge < -0.3 is 15.7 Å². The van der Waals surface area contributed by atoms with Crippen molar-refractivity contribution in [3.05, 3.63) is 0 Å². The molecule has 0 bridgehead atoms. The van der Waals surface area contributed by atoms with Gasteiger partial charge in [-0.3, -0.25) is 14.9 Å². The summed E-state index contributed by atoms with van der Waals surface area (Å²) in [5, 5.41) is 15.8. The lowest BCUT2D eigenvalue weighted by Crippen LogP contribution is -2.43. The van der Waals surface area contributed by atoms with Gasteiger partial charge in [-0.05, 0) is 6.42 Å². The lowest BCUT2D eigenvalue weighted by molar-refractivity contribution is -0.140. The Balaban J connectivity index is 3.93. The van der Waals surface area contributed by atoms with E-state index >= 15 is 0 Å². The molecular weight excluding hydrogens is 298 g/mol. The normalized spacial score (nSPS) is 11.3. The molecule has 0 aromatic rings. The molecule has 4 N–H and O–H groups in total. The number of amides is 4. The van der Waals surface area contributed by atoms with Gasteiger partial charge >= 0.3 is 12.0 Å². The second kappa shape index (κ2) is 11.0. The summed E-state index contributed by atoms with van der Waals surface area (Å²) in [5.41, 5.74) is 0. The van der Waals surface area contributed by atoms with Crippen LogP contribution in [0.5, 0.6) is 0 Å². The van der Waals surface area contributed by atoms with E-state index in [1.165, 1.54) is 6.92 Å². The molecule has 0 aliphatic rings. The summed E-state index contributed by atoms with van der Waals surface area (Å²) in [6.45, 7) is 3.69. The van der Waals surface area contributed by atoms with Crippen LogP contribution in [-0.2, 0) is 14.4 Å². The first-order chi connectivity index (χ1) is 9.86. The number of thioether (sulfide) groups is 1. The molecule has 0 aromatic heterocycles. The Hall–Kier alpha value is -1.77. The number of rotatable bonds is 9. The van der Waals surface area contributed by atoms with Crippen molar-refractivity contribution in [2.75, 3.05) is 18.1 Å². The molecule has 0 aliphatic heterocycles. The number of hydrogen-bond acceptors (Lipinski definition) is 5. The minimum absolute atomic E-state index is 0.0415. The molecule has 4 amide bonds. The highest BCUT2D eigenvalue weighted by Gasteiger charge is 2.18. The molecule has 0 saturated heterocycles. The maximum absolute atomic E-state index is 11.4. The van der Waals surface area contributed by atoms with E-state index in [2.05, 4.69) is 16.0 Å². The predicted octanol–water partition coefficient (Wildman–Crippen LogP) is -0.0652. The van der Waals surface area contributed by atoms with E-state index in [4.69, 9.17) is 5.11 Å². The van der Waals surface area contributed by atoms with Crippen LogP contribution in [0.1, 0.15) is 26.7 Å². The SMILES string of the molecule is CCCCNC(=O)NC(=O)CSCC(NC(C)=O)C(=O)O. The predicted molar refractivity (Wildman–Crippen MR) is 79.0 cm³/mol. The monoisotopic (exact) mass is 319 g/mol. The van der Waals surface area contributed by atoms with Crippen molar-refractivity contribution in [2.45, 2.75) is 32.7 Å². The summed E-state index contributed by atoms with van der Waals surface area (Å²) in [4.78, 5) is 44.4. The zero-order valence-electron chi connectivity index (χ0n) is 12.1. The van der Waals surface area contributed by atoms with Crippen molar-refractivity contribution in [2.24, 2.45) is 0 Å². The Labute approximate surface area is 127 Å². The summed E-state index contributed by atoms with van der Waals surface area (Å²) in [7, 11) is 0. The molecule has 0 radical (unpaired) electrons. The van der Waals surface area contributed by atoms with Gasteiger partial charge in [-0.1, -0.05) is 13.3 Å². The van der Waals surface area contributed by atoms with E-state index < -0.39 is 29.9 Å². The van der Waals surface area contributed by atoms with Crippen LogP contribution in [0.15, 0.2) is 0 Å². The Bertz CT molecular complexity index is 389. The quantitative estimate of drug-likeness (QED) is 0.441. The molecule has 0 fully saturated rings. The van der Waals surface area contributed by atoms with Crippen LogP contribution in [0.25, 0.3) is 0 Å². The first-order valence-electron chi connectivity index (χ1n) is 6.52. The highest BCUT2D eigenvalue weighted by Crippen LogP contribution is 2.03. The standard InChI is InChI=1S/C12H21N3O5S/c1-3-4-5-13-12(20)15-10(17)7-21-6-9(11(18)19)14-8(2)16/h9H,3-7H2,1-2H3,(H,14,16)(H,18,19)(H2,13,15,17,20). The molecule has 0 spiro atoms. The fourth-order valence-corrected chi connectivity index (χ4v) is 2.11. The first-order valence-corrected chi connectivity index (χ1v) is 7.67. The Kier molecular flexibility index (Phi) is 10.0. The van der Waals surface area contributed by atoms with Crippen molar-refractivity contribution in [3.8, 4) is 0 Å². The largest absolute Gasteiger partial charge is 0.480 e. The Morgan fingerprint density at radius 3 is 2.43 bits per heavy atom. The summed E-state index contributed by atoms with van der Waals surface area (Å²) in [6, 6.07) is -1.62. The number of hydrogen-bond donors (Lipinski definition) is 4. The topological polar surface area (TPSA) is 125 Å². The second-order valence-corrected chi connectivity index (χ2v) is 5.29. The van der Waals surface area contributed by atoms with Crippen molar-refractivity contribution >= 4 is 35.6 Å². The number of carbonyl (C=O) groups is 4. The highest BCUT2D eigenvalue weighted by atomic mass is 32.2. The number of urea groups is 1. The molecule has 0 saturated carbocycles. The number of carboxylic acids is 1. The van der Waals surface area contributed by atoms with Gasteiger partial charge in [-0.2, -0.15) is 0 Å². The Morgan fingerprint density at radius 2 is 1.90 bits per heavy atom. The Morgan fingerprint density at radius 1 is 1.24 bits per heavy atom. The number of carboxylic acid groups (broad SMARTS) is 1. The van der Waals surface area contributed by atoms with Gasteiger partial charge in [0, 0.05) is 19.2 Å². The fourth-order valence-electron chi connectivity index (χ4n) is 1.28. The van der Waals surface area contributed by atoms with Crippen LogP contribution in [0.3, 0.4) is 0 Å². The van der Waals surface area contributed by atoms with Gasteiger partial charge in [0.15, 0.2) is 0 Å². The van der Waals surface area contributed by atoms with Gasteiger partial charge in [0.25, 0.3) is 0 Å². The number of unbranched alkanes of at least 4 members (excludes halogenated alkanes) is 1. The molecule has 120 valence electrons. The smallest absolute Gasteiger partial charge is 0.327 e. The maximum atomic E-state index is 11.4. The number of aliphatic carboxylic acids is 1. The average Bonchev–Trinajstić information content (AvgIpc) is 2.37. The van der Waals surface area contributed by atoms with E-state index in [1.54, 1.807) is 0 Å². The molecule has 21 heavy (non-hydrogen) atoms. The first kappa shape index (κ1) is 19.2. The van der Waals surface area contributed by atoms with Crippen molar-refractivity contribution < 1.29 is 24.3 Å². The minimum atomic E-state index is -1.17. The van der Waals surface area contributed by atoms with E-state index in [0.717, 1.165) is 24.6 Å². The van der Waals surface area contributed by atoms with Crippen LogP contribution in [0.4, 0.5) is 4.79 Å². The molecule has 9 heteroatoms. The molecule has 8 nitrogen and oxygen atoms in total. The molecule has 1 unspecified atom stereocenters. The summed E-state index contributed by atoms with van der Waals surface area (Å²) >= 11 is 1.02. The lowest BCUT2D eigenvalue weighted by Gasteiger charge is -2.12. The average molecular weight is 319 g/mol. The number of nitrogens with one attached hydrogen (secondary N) is 3. The van der Waals surface area contributed by atoms with Crippen molar-refractivity contribution in [3.63, 3.8) is 0 Å². The molecule has 1 atom stereocenters. The second-order valence-electron chi connectivity index (χ2n) is 4.26. The maximum Gasteiger partial charge on any atom is 0.327 e. The van der Waals surface area contributed by atoms with Gasteiger partial charge in [0.1, 0.15) is 6.04 Å². The summed E-state index contributed by atoms with van der Waals surface area (Å²) < 4.78 is 0. The van der Waals surface area contributed by atoms with Crippen molar-refractivity contribution in [1.29, 1.82) is 0 Å². The van der Waals surface area contributed by atoms with E-state index in [0.29, 0.717) is 6.54 Å². The molecule has 0 aliphatic carbocycles. The summed E-state index contributed by atoms with van der Waals surface area (Å²) in [6.07, 6.45) is 1.76. The van der Waals surface area contributed by atoms with E-state index in [9.17, 15) is 19.2 Å². The zero-order valence-corrected chi connectivity index (χ0v) is 12.9. The van der Waals surface area contributed by atoms with Crippen LogP contribution < -0.4 is 16.0 Å². The number of imide groups is 1. The van der Waals surface area contributed by atoms with E-state index in [1.807, 2.05) is 6.92 Å². The third kappa shape index (κ3) is 10.7. The van der Waals surface area contributed by atoms with Crippen LogP contribution in [0.2, 0.25) is 0 Å². The lowest BCUT2D eigenvalue weighted by atomic mass is 10.3. The third-order valence-electron chi connectivity index (χ3n) is 2.26. The fraction of sp³-hybridized carbons (Fsp3) is 0.667. The van der Waals surface area contributed by atoms with Gasteiger partial charge in [-0.25, -0.2) is 9.59 Å². The van der Waals surface area contributed by atoms with Gasteiger partial charge in [0.05, 0.1) is 5.75 Å². The number of carbonyl (C=O) groups excluding carboxylic acids is 3. The van der Waals surface area contributed by atoms with E-state index in [-0.39, 0.29) is 11.5 Å². The third-order valence-corrected chi connectivity index (χ3v) is 3.30. The molecule has 0 aromatic carbocycles. The van der Waals surface area contributed by atoms with Gasteiger partial charge in [0.2, 0.25) is 11.8 Å². The van der Waals surface area contributed by atoms with Crippen LogP contribution >= 0.6 is 11.8 Å². The molecule has 0 heterocycles. The minimum Gasteiger partial charge on any atom is -0.480 e. The van der Waals surface area contributed by atoms with Crippen LogP contribution in [0, 0.1) is 0 Å². The molecular formula is C12H21N3O5S.